The predicted octanol–water partition coefficient (Wildman–Crippen LogP) is 3.50. The lowest BCUT2D eigenvalue weighted by Gasteiger charge is -2.31. The minimum atomic E-state index is -0.312. The third kappa shape index (κ3) is 5.38. The van der Waals surface area contributed by atoms with Gasteiger partial charge in [-0.25, -0.2) is 9.37 Å². The fourth-order valence-corrected chi connectivity index (χ4v) is 4.27. The van der Waals surface area contributed by atoms with Gasteiger partial charge in [0, 0.05) is 30.3 Å². The van der Waals surface area contributed by atoms with Crippen LogP contribution in [0.15, 0.2) is 29.6 Å². The molecule has 1 fully saturated rings. The number of hydrogen-bond donors (Lipinski definition) is 1. The molecular formula is C21H26FN3O2S. The van der Waals surface area contributed by atoms with Gasteiger partial charge < -0.3 is 10.2 Å². The Morgan fingerprint density at radius 1 is 1.32 bits per heavy atom. The summed E-state index contributed by atoms with van der Waals surface area (Å²) in [5.74, 6) is 0.0678. The summed E-state index contributed by atoms with van der Waals surface area (Å²) in [5.41, 5.74) is 1.60. The monoisotopic (exact) mass is 403 g/mol. The summed E-state index contributed by atoms with van der Waals surface area (Å²) in [6.45, 7) is 5.57. The summed E-state index contributed by atoms with van der Waals surface area (Å²) in [6.07, 6.45) is 1.99. The largest absolute Gasteiger partial charge is 0.350 e. The molecule has 7 heteroatoms. The maximum Gasteiger partial charge on any atom is 0.226 e. The number of piperidine rings is 1. The van der Waals surface area contributed by atoms with Gasteiger partial charge in [-0.15, -0.1) is 11.3 Å². The van der Waals surface area contributed by atoms with Crippen molar-refractivity contribution < 1.29 is 14.0 Å². The van der Waals surface area contributed by atoms with E-state index in [1.165, 1.54) is 12.1 Å². The highest BCUT2D eigenvalue weighted by molar-refractivity contribution is 7.09. The summed E-state index contributed by atoms with van der Waals surface area (Å²) >= 11 is 1.62. The minimum absolute atomic E-state index is 0.0275. The van der Waals surface area contributed by atoms with E-state index in [0.717, 1.165) is 23.5 Å². The van der Waals surface area contributed by atoms with Crippen LogP contribution in [0.1, 0.15) is 48.9 Å². The Morgan fingerprint density at radius 3 is 2.75 bits per heavy atom. The Labute approximate surface area is 169 Å². The molecule has 2 aromatic rings. The van der Waals surface area contributed by atoms with Crippen molar-refractivity contribution >= 4 is 23.2 Å². The molecule has 1 aliphatic heterocycles. The molecule has 0 radical (unpaired) electrons. The van der Waals surface area contributed by atoms with E-state index in [4.69, 9.17) is 0 Å². The molecule has 5 nitrogen and oxygen atoms in total. The lowest BCUT2D eigenvalue weighted by atomic mass is 9.97. The van der Waals surface area contributed by atoms with Crippen LogP contribution in [-0.2, 0) is 22.6 Å². The highest BCUT2D eigenvalue weighted by atomic mass is 32.1. The molecule has 0 bridgehead atoms. The van der Waals surface area contributed by atoms with Gasteiger partial charge in [-0.05, 0) is 30.5 Å². The zero-order valence-electron chi connectivity index (χ0n) is 16.3. The van der Waals surface area contributed by atoms with Crippen LogP contribution in [0.4, 0.5) is 4.39 Å². The smallest absolute Gasteiger partial charge is 0.226 e. The molecule has 2 heterocycles. The van der Waals surface area contributed by atoms with Crippen molar-refractivity contribution in [2.45, 2.75) is 45.6 Å². The maximum atomic E-state index is 13.3. The quantitative estimate of drug-likeness (QED) is 0.803. The number of carbonyl (C=O) groups is 2. The standard InChI is InChI=1S/C21H26FN3O2S/c1-14(2)20(27)23-12-18-13-28-21(24-18)16-6-8-25(9-7-16)19(26)11-15-4-3-5-17(22)10-15/h3-5,10,13-14,16H,6-9,11-12H2,1-2H3,(H,23,27). The van der Waals surface area contributed by atoms with Crippen LogP contribution in [0.5, 0.6) is 0 Å². The van der Waals surface area contributed by atoms with Gasteiger partial charge in [0.25, 0.3) is 0 Å². The molecule has 28 heavy (non-hydrogen) atoms. The second kappa shape index (κ2) is 9.28. The highest BCUT2D eigenvalue weighted by Crippen LogP contribution is 2.30. The number of halogens is 1. The maximum absolute atomic E-state index is 13.3. The summed E-state index contributed by atoms with van der Waals surface area (Å²) < 4.78 is 13.3. The average molecular weight is 404 g/mol. The number of thiazole rings is 1. The Hall–Kier alpha value is -2.28. The first kappa shape index (κ1) is 20.5. The van der Waals surface area contributed by atoms with Crippen molar-refractivity contribution in [1.29, 1.82) is 0 Å². The van der Waals surface area contributed by atoms with Gasteiger partial charge in [0.15, 0.2) is 0 Å². The summed E-state index contributed by atoms with van der Waals surface area (Å²) in [5, 5.41) is 5.96. The molecule has 1 N–H and O–H groups in total. The van der Waals surface area contributed by atoms with Crippen LogP contribution in [0, 0.1) is 11.7 Å². The van der Waals surface area contributed by atoms with E-state index in [-0.39, 0.29) is 30.0 Å². The molecular weight excluding hydrogens is 377 g/mol. The molecule has 150 valence electrons. The van der Waals surface area contributed by atoms with E-state index >= 15 is 0 Å². The van der Waals surface area contributed by atoms with Crippen molar-refractivity contribution in [3.63, 3.8) is 0 Å². The Morgan fingerprint density at radius 2 is 2.07 bits per heavy atom. The van der Waals surface area contributed by atoms with Crippen LogP contribution in [0.3, 0.4) is 0 Å². The van der Waals surface area contributed by atoms with Crippen molar-refractivity contribution in [2.75, 3.05) is 13.1 Å². The van der Waals surface area contributed by atoms with Gasteiger partial charge >= 0.3 is 0 Å². The fourth-order valence-electron chi connectivity index (χ4n) is 3.28. The normalized spacial score (nSPS) is 15.1. The van der Waals surface area contributed by atoms with Gasteiger partial charge in [-0.2, -0.15) is 0 Å². The minimum Gasteiger partial charge on any atom is -0.350 e. The zero-order valence-corrected chi connectivity index (χ0v) is 17.1. The highest BCUT2D eigenvalue weighted by Gasteiger charge is 2.25. The van der Waals surface area contributed by atoms with Crippen LogP contribution in [0.25, 0.3) is 0 Å². The molecule has 0 atom stereocenters. The molecule has 3 rings (SSSR count). The third-order valence-corrected chi connectivity index (χ3v) is 6.03. The zero-order chi connectivity index (χ0) is 20.1. The Kier molecular flexibility index (Phi) is 6.78. The van der Waals surface area contributed by atoms with Crippen molar-refractivity contribution in [1.82, 2.24) is 15.2 Å². The van der Waals surface area contributed by atoms with Gasteiger partial charge in [0.2, 0.25) is 11.8 Å². The molecule has 0 spiro atoms. The third-order valence-electron chi connectivity index (χ3n) is 4.98. The summed E-state index contributed by atoms with van der Waals surface area (Å²) in [7, 11) is 0. The van der Waals surface area contributed by atoms with E-state index in [9.17, 15) is 14.0 Å². The van der Waals surface area contributed by atoms with E-state index in [0.29, 0.717) is 31.1 Å². The van der Waals surface area contributed by atoms with Gasteiger partial charge in [-0.1, -0.05) is 26.0 Å². The number of carbonyl (C=O) groups excluding carboxylic acids is 2. The Bertz CT molecular complexity index is 829. The molecule has 1 saturated heterocycles. The van der Waals surface area contributed by atoms with E-state index in [1.807, 2.05) is 24.1 Å². The number of nitrogens with zero attached hydrogens (tertiary/aromatic N) is 2. The van der Waals surface area contributed by atoms with E-state index < -0.39 is 0 Å². The first-order chi connectivity index (χ1) is 13.4. The van der Waals surface area contributed by atoms with Gasteiger partial charge in [0.1, 0.15) is 5.82 Å². The van der Waals surface area contributed by atoms with Crippen LogP contribution < -0.4 is 5.32 Å². The number of benzene rings is 1. The lowest BCUT2D eigenvalue weighted by Crippen LogP contribution is -2.38. The molecule has 0 unspecified atom stereocenters. The van der Waals surface area contributed by atoms with Crippen molar-refractivity contribution in [3.05, 3.63) is 51.7 Å². The molecule has 1 aromatic carbocycles. The fraction of sp³-hybridized carbons (Fsp3) is 0.476. The first-order valence-corrected chi connectivity index (χ1v) is 10.5. The summed E-state index contributed by atoms with van der Waals surface area (Å²) in [6, 6.07) is 6.21. The van der Waals surface area contributed by atoms with Gasteiger partial charge in [-0.3, -0.25) is 9.59 Å². The van der Waals surface area contributed by atoms with Crippen molar-refractivity contribution in [2.24, 2.45) is 5.92 Å². The number of nitrogens with one attached hydrogen (secondary N) is 1. The van der Waals surface area contributed by atoms with Crippen LogP contribution >= 0.6 is 11.3 Å². The second-order valence-electron chi connectivity index (χ2n) is 7.51. The van der Waals surface area contributed by atoms with E-state index in [1.54, 1.807) is 23.5 Å². The lowest BCUT2D eigenvalue weighted by molar-refractivity contribution is -0.131. The van der Waals surface area contributed by atoms with Crippen molar-refractivity contribution in [3.8, 4) is 0 Å². The molecule has 0 saturated carbocycles. The topological polar surface area (TPSA) is 62.3 Å². The number of rotatable bonds is 6. The molecule has 1 aliphatic rings. The number of aromatic nitrogens is 1. The summed E-state index contributed by atoms with van der Waals surface area (Å²) in [4.78, 5) is 30.7. The average Bonchev–Trinajstić information content (AvgIpc) is 3.15. The second-order valence-corrected chi connectivity index (χ2v) is 8.40. The predicted molar refractivity (Wildman–Crippen MR) is 107 cm³/mol. The Balaban J connectivity index is 1.48. The SMILES string of the molecule is CC(C)C(=O)NCc1csc(C2CCN(C(=O)Cc3cccc(F)c3)CC2)n1. The number of hydrogen-bond acceptors (Lipinski definition) is 4. The van der Waals surface area contributed by atoms with Gasteiger partial charge in [0.05, 0.1) is 23.7 Å². The number of likely N-dealkylation sites (tertiary alicyclic amines) is 1. The number of amides is 2. The molecule has 2 amide bonds. The van der Waals surface area contributed by atoms with Crippen LogP contribution in [-0.4, -0.2) is 34.8 Å². The molecule has 1 aromatic heterocycles. The first-order valence-electron chi connectivity index (χ1n) is 9.66. The van der Waals surface area contributed by atoms with E-state index in [2.05, 4.69) is 10.3 Å². The van der Waals surface area contributed by atoms with Crippen LogP contribution in [0.2, 0.25) is 0 Å². The molecule has 0 aliphatic carbocycles.